The number of hydrogen-bond acceptors (Lipinski definition) is 0. The smallest absolute Gasteiger partial charge is 0.0152 e. The second kappa shape index (κ2) is 14.8. The minimum Gasteiger partial charge on any atom is -0.0617 e. The maximum absolute atomic E-state index is 2.22. The zero-order valence-corrected chi connectivity index (χ0v) is 25.5. The second-order valence-electron chi connectivity index (χ2n) is 10.9. The van der Waals surface area contributed by atoms with Crippen molar-refractivity contribution in [3.63, 3.8) is 0 Å². The first-order chi connectivity index (χ1) is 19.1. The highest BCUT2D eigenvalue weighted by atomic mass is 14.0. The fourth-order valence-electron chi connectivity index (χ4n) is 4.55. The minimum absolute atomic E-state index is 1.33. The van der Waals surface area contributed by atoms with Crippen molar-refractivity contribution >= 4 is 21.5 Å². The molecule has 6 aromatic carbocycles. The predicted octanol–water partition coefficient (Wildman–Crippen LogP) is 11.5. The Morgan fingerprint density at radius 3 is 0.950 bits per heavy atom. The quantitative estimate of drug-likeness (QED) is 0.185. The van der Waals surface area contributed by atoms with Crippen LogP contribution >= 0.6 is 0 Å². The molecular weight excluding hydrogens is 480 g/mol. The van der Waals surface area contributed by atoms with Crippen molar-refractivity contribution in [3.8, 4) is 0 Å². The van der Waals surface area contributed by atoms with E-state index in [0.717, 1.165) is 0 Å². The first-order valence-corrected chi connectivity index (χ1v) is 14.1. The van der Waals surface area contributed by atoms with Crippen LogP contribution in [-0.4, -0.2) is 0 Å². The summed E-state index contributed by atoms with van der Waals surface area (Å²) in [5, 5.41) is 5.41. The van der Waals surface area contributed by atoms with Gasteiger partial charge in [-0.05, 0) is 88.1 Å². The van der Waals surface area contributed by atoms with E-state index in [0.29, 0.717) is 0 Å². The highest BCUT2D eigenvalue weighted by Gasteiger charge is 1.97. The maximum Gasteiger partial charge on any atom is -0.0152 e. The molecule has 0 bridgehead atoms. The molecule has 40 heavy (non-hydrogen) atoms. The van der Waals surface area contributed by atoms with Gasteiger partial charge in [-0.1, -0.05) is 155 Å². The summed E-state index contributed by atoms with van der Waals surface area (Å²) < 4.78 is 0. The Hall–Kier alpha value is -4.16. The third kappa shape index (κ3) is 9.54. The van der Waals surface area contributed by atoms with Gasteiger partial charge in [0.1, 0.15) is 0 Å². The summed E-state index contributed by atoms with van der Waals surface area (Å²) in [6.45, 7) is 17.0. The lowest BCUT2D eigenvalue weighted by molar-refractivity contribution is 1.39. The van der Waals surface area contributed by atoms with E-state index in [1.54, 1.807) is 0 Å². The van der Waals surface area contributed by atoms with Gasteiger partial charge >= 0.3 is 0 Å². The molecule has 0 aromatic heterocycles. The van der Waals surface area contributed by atoms with Crippen LogP contribution in [0.2, 0.25) is 0 Å². The number of aryl methyl sites for hydroxylation is 8. The first-order valence-electron chi connectivity index (χ1n) is 14.1. The molecule has 0 aliphatic rings. The molecule has 0 saturated heterocycles. The van der Waals surface area contributed by atoms with Crippen molar-refractivity contribution in [2.24, 2.45) is 0 Å². The molecule has 0 radical (unpaired) electrons. The molecule has 0 aliphatic heterocycles. The van der Waals surface area contributed by atoms with Gasteiger partial charge in [0, 0.05) is 0 Å². The lowest BCUT2D eigenvalue weighted by Crippen LogP contribution is -1.80. The van der Waals surface area contributed by atoms with Crippen molar-refractivity contribution in [3.05, 3.63) is 166 Å². The van der Waals surface area contributed by atoms with Crippen molar-refractivity contribution in [2.45, 2.75) is 55.4 Å². The van der Waals surface area contributed by atoms with Crippen molar-refractivity contribution in [1.29, 1.82) is 0 Å². The zero-order valence-electron chi connectivity index (χ0n) is 25.5. The Bertz CT molecular complexity index is 1530. The molecular formula is C40H44. The average Bonchev–Trinajstić information content (AvgIpc) is 2.92. The van der Waals surface area contributed by atoms with Crippen LogP contribution in [0.1, 0.15) is 44.5 Å². The number of benzene rings is 6. The van der Waals surface area contributed by atoms with Gasteiger partial charge in [-0.25, -0.2) is 0 Å². The Kier molecular flexibility index (Phi) is 11.3. The van der Waals surface area contributed by atoms with Crippen molar-refractivity contribution < 1.29 is 0 Å². The third-order valence-corrected chi connectivity index (χ3v) is 6.90. The molecule has 0 nitrogen and oxygen atoms in total. The summed E-state index contributed by atoms with van der Waals surface area (Å²) in [5.74, 6) is 0. The summed E-state index contributed by atoms with van der Waals surface area (Å²) >= 11 is 0. The normalized spacial score (nSPS) is 10.0. The highest BCUT2D eigenvalue weighted by molar-refractivity contribution is 5.88. The van der Waals surface area contributed by atoms with E-state index in [2.05, 4.69) is 177 Å². The summed E-state index contributed by atoms with van der Waals surface area (Å²) in [6.07, 6.45) is 0. The SMILES string of the molecule is Cc1ccc(C)cc1.Cc1ccc2cc(C)ccc2c1.Cc1cccc(C)c1.Cc1cccc2c(C)cccc12. The molecule has 0 amide bonds. The molecule has 0 N–H and O–H groups in total. The van der Waals surface area contributed by atoms with Gasteiger partial charge in [0.05, 0.1) is 0 Å². The van der Waals surface area contributed by atoms with Gasteiger partial charge in [-0.15, -0.1) is 0 Å². The average molecular weight is 525 g/mol. The fraction of sp³-hybridized carbons (Fsp3) is 0.200. The van der Waals surface area contributed by atoms with Gasteiger partial charge in [0.15, 0.2) is 0 Å². The molecule has 0 unspecified atom stereocenters. The number of rotatable bonds is 0. The molecule has 0 spiro atoms. The van der Waals surface area contributed by atoms with Crippen LogP contribution in [0.4, 0.5) is 0 Å². The maximum atomic E-state index is 2.22. The molecule has 204 valence electrons. The zero-order chi connectivity index (χ0) is 29.1. The molecule has 0 atom stereocenters. The lowest BCUT2D eigenvalue weighted by Gasteiger charge is -2.03. The molecule has 0 heteroatoms. The van der Waals surface area contributed by atoms with E-state index in [9.17, 15) is 0 Å². The fourth-order valence-corrected chi connectivity index (χ4v) is 4.55. The summed E-state index contributed by atoms with van der Waals surface area (Å²) in [5.41, 5.74) is 10.7. The monoisotopic (exact) mass is 524 g/mol. The third-order valence-electron chi connectivity index (χ3n) is 6.90. The summed E-state index contributed by atoms with van der Waals surface area (Å²) in [4.78, 5) is 0. The van der Waals surface area contributed by atoms with E-state index >= 15 is 0 Å². The van der Waals surface area contributed by atoms with E-state index in [1.165, 1.54) is 66.1 Å². The van der Waals surface area contributed by atoms with Crippen LogP contribution in [0.25, 0.3) is 21.5 Å². The molecule has 0 aliphatic carbocycles. The van der Waals surface area contributed by atoms with Crippen molar-refractivity contribution in [2.75, 3.05) is 0 Å². The van der Waals surface area contributed by atoms with E-state index in [4.69, 9.17) is 0 Å². The molecule has 6 rings (SSSR count). The second-order valence-corrected chi connectivity index (χ2v) is 10.9. The first kappa shape index (κ1) is 30.4. The lowest BCUT2D eigenvalue weighted by atomic mass is 10.0. The summed E-state index contributed by atoms with van der Waals surface area (Å²) in [7, 11) is 0. The van der Waals surface area contributed by atoms with Gasteiger partial charge < -0.3 is 0 Å². The van der Waals surface area contributed by atoms with E-state index in [-0.39, 0.29) is 0 Å². The Balaban J connectivity index is 0.000000150. The molecule has 6 aromatic rings. The molecule has 0 heterocycles. The van der Waals surface area contributed by atoms with Crippen LogP contribution in [0.3, 0.4) is 0 Å². The van der Waals surface area contributed by atoms with Crippen LogP contribution in [-0.2, 0) is 0 Å². The van der Waals surface area contributed by atoms with Crippen LogP contribution in [0.15, 0.2) is 121 Å². The highest BCUT2D eigenvalue weighted by Crippen LogP contribution is 2.21. The molecule has 0 saturated carbocycles. The van der Waals surface area contributed by atoms with Gasteiger partial charge in [0.25, 0.3) is 0 Å². The van der Waals surface area contributed by atoms with Crippen LogP contribution in [0, 0.1) is 55.4 Å². The Morgan fingerprint density at radius 1 is 0.275 bits per heavy atom. The van der Waals surface area contributed by atoms with Gasteiger partial charge in [-0.3, -0.25) is 0 Å². The topological polar surface area (TPSA) is 0 Å². The van der Waals surface area contributed by atoms with Crippen LogP contribution < -0.4 is 0 Å². The number of fused-ring (bicyclic) bond motifs is 2. The largest absolute Gasteiger partial charge is 0.0617 e. The van der Waals surface area contributed by atoms with Crippen LogP contribution in [0.5, 0.6) is 0 Å². The standard InChI is InChI=1S/2C12H12.2C8H10/c1-9-3-5-12-8-10(2)4-6-11(12)7-9;1-9-5-3-8-12-10(2)6-4-7-11(9)12;1-7-3-5-8(2)6-4-7;1-7-4-3-5-8(2)6-7/h2*3-8H,1-2H3;2*3-6H,1-2H3. The molecule has 0 fully saturated rings. The Labute approximate surface area is 242 Å². The van der Waals surface area contributed by atoms with E-state index < -0.39 is 0 Å². The minimum atomic E-state index is 1.33. The van der Waals surface area contributed by atoms with Gasteiger partial charge in [-0.2, -0.15) is 0 Å². The number of hydrogen-bond donors (Lipinski definition) is 0. The van der Waals surface area contributed by atoms with Crippen molar-refractivity contribution in [1.82, 2.24) is 0 Å². The Morgan fingerprint density at radius 2 is 0.600 bits per heavy atom. The summed E-state index contributed by atoms with van der Waals surface area (Å²) in [6, 6.07) is 42.9. The van der Waals surface area contributed by atoms with E-state index in [1.807, 2.05) is 0 Å². The predicted molar refractivity (Wildman–Crippen MR) is 179 cm³/mol. The van der Waals surface area contributed by atoms with Gasteiger partial charge in [0.2, 0.25) is 0 Å².